The molecule has 0 saturated carbocycles. The minimum atomic E-state index is -0.240. The molecule has 4 rings (SSSR count). The number of fused-ring (bicyclic) bond motifs is 1. The molecule has 0 aliphatic carbocycles. The SMILES string of the molecule is Fc1ccc2nc(C3(c4ccccc4)CCNCC3)cn2c1. The maximum absolute atomic E-state index is 13.4. The van der Waals surface area contributed by atoms with Crippen LogP contribution in [0.4, 0.5) is 4.39 Å². The monoisotopic (exact) mass is 295 g/mol. The summed E-state index contributed by atoms with van der Waals surface area (Å²) in [6.07, 6.45) is 5.48. The van der Waals surface area contributed by atoms with Crippen LogP contribution in [0.25, 0.3) is 5.65 Å². The lowest BCUT2D eigenvalue weighted by atomic mass is 9.71. The lowest BCUT2D eigenvalue weighted by Crippen LogP contribution is -2.41. The zero-order chi connectivity index (χ0) is 15.0. The first-order valence-electron chi connectivity index (χ1n) is 7.69. The molecular weight excluding hydrogens is 277 g/mol. The van der Waals surface area contributed by atoms with Crippen molar-refractivity contribution in [2.45, 2.75) is 18.3 Å². The number of benzene rings is 1. The Bertz CT molecular complexity index is 788. The average molecular weight is 295 g/mol. The number of rotatable bonds is 2. The number of piperidine rings is 1. The van der Waals surface area contributed by atoms with Crippen molar-refractivity contribution in [3.8, 4) is 0 Å². The van der Waals surface area contributed by atoms with Crippen LogP contribution < -0.4 is 5.32 Å². The van der Waals surface area contributed by atoms with Gasteiger partial charge in [-0.05, 0) is 43.6 Å². The van der Waals surface area contributed by atoms with Gasteiger partial charge < -0.3 is 9.72 Å². The predicted octanol–water partition coefficient (Wildman–Crippen LogP) is 3.14. The highest BCUT2D eigenvalue weighted by molar-refractivity contribution is 5.45. The summed E-state index contributed by atoms with van der Waals surface area (Å²) in [5, 5.41) is 3.43. The Morgan fingerprint density at radius 1 is 1.00 bits per heavy atom. The predicted molar refractivity (Wildman–Crippen MR) is 84.5 cm³/mol. The summed E-state index contributed by atoms with van der Waals surface area (Å²) in [5.41, 5.74) is 3.03. The van der Waals surface area contributed by atoms with E-state index in [-0.39, 0.29) is 11.2 Å². The van der Waals surface area contributed by atoms with E-state index in [4.69, 9.17) is 4.98 Å². The number of pyridine rings is 1. The van der Waals surface area contributed by atoms with Crippen molar-refractivity contribution in [1.29, 1.82) is 0 Å². The topological polar surface area (TPSA) is 29.3 Å². The average Bonchev–Trinajstić information content (AvgIpc) is 3.00. The van der Waals surface area contributed by atoms with Crippen LogP contribution >= 0.6 is 0 Å². The first-order valence-corrected chi connectivity index (χ1v) is 7.69. The summed E-state index contributed by atoms with van der Waals surface area (Å²) in [4.78, 5) is 4.79. The maximum atomic E-state index is 13.4. The molecular formula is C18H18FN3. The van der Waals surface area contributed by atoms with Crippen molar-refractivity contribution in [2.75, 3.05) is 13.1 Å². The van der Waals surface area contributed by atoms with Crippen LogP contribution in [0.15, 0.2) is 54.9 Å². The van der Waals surface area contributed by atoms with E-state index in [1.165, 1.54) is 17.8 Å². The quantitative estimate of drug-likeness (QED) is 0.787. The first kappa shape index (κ1) is 13.5. The molecule has 1 aromatic carbocycles. The van der Waals surface area contributed by atoms with Gasteiger partial charge in [-0.15, -0.1) is 0 Å². The van der Waals surface area contributed by atoms with E-state index in [9.17, 15) is 4.39 Å². The lowest BCUT2D eigenvalue weighted by Gasteiger charge is -2.37. The zero-order valence-electron chi connectivity index (χ0n) is 12.3. The van der Waals surface area contributed by atoms with Crippen molar-refractivity contribution < 1.29 is 4.39 Å². The Hall–Kier alpha value is -2.20. The molecule has 0 amide bonds. The van der Waals surface area contributed by atoms with Crippen LogP contribution in [0.1, 0.15) is 24.1 Å². The summed E-state index contributed by atoms with van der Waals surface area (Å²) in [6, 6.07) is 13.7. The van der Waals surface area contributed by atoms with Gasteiger partial charge in [0.2, 0.25) is 0 Å². The van der Waals surface area contributed by atoms with Gasteiger partial charge in [0.05, 0.1) is 5.69 Å². The standard InChI is InChI=1S/C18H18FN3/c19-15-6-7-17-21-16(13-22(17)12-15)18(8-10-20-11-9-18)14-4-2-1-3-5-14/h1-7,12-13,20H,8-11H2. The van der Waals surface area contributed by atoms with Gasteiger partial charge in [0.25, 0.3) is 0 Å². The van der Waals surface area contributed by atoms with E-state index in [0.717, 1.165) is 37.3 Å². The molecule has 4 heteroatoms. The molecule has 3 aromatic rings. The van der Waals surface area contributed by atoms with Gasteiger partial charge >= 0.3 is 0 Å². The Kier molecular flexibility index (Phi) is 3.19. The minimum Gasteiger partial charge on any atom is -0.317 e. The highest BCUT2D eigenvalue weighted by atomic mass is 19.1. The fraction of sp³-hybridized carbons (Fsp3) is 0.278. The van der Waals surface area contributed by atoms with Crippen LogP contribution in [0.3, 0.4) is 0 Å². The molecule has 0 atom stereocenters. The Balaban J connectivity index is 1.89. The molecule has 1 fully saturated rings. The lowest BCUT2D eigenvalue weighted by molar-refractivity contribution is 0.355. The summed E-state index contributed by atoms with van der Waals surface area (Å²) >= 11 is 0. The van der Waals surface area contributed by atoms with Gasteiger partial charge in [0, 0.05) is 17.8 Å². The van der Waals surface area contributed by atoms with E-state index in [2.05, 4.69) is 29.6 Å². The molecule has 112 valence electrons. The molecule has 2 aromatic heterocycles. The molecule has 0 spiro atoms. The van der Waals surface area contributed by atoms with Gasteiger partial charge in [0.1, 0.15) is 11.5 Å². The molecule has 0 radical (unpaired) electrons. The highest BCUT2D eigenvalue weighted by Crippen LogP contribution is 2.39. The number of hydrogen-bond donors (Lipinski definition) is 1. The van der Waals surface area contributed by atoms with Gasteiger partial charge in [-0.3, -0.25) is 0 Å². The number of hydrogen-bond acceptors (Lipinski definition) is 2. The summed E-state index contributed by atoms with van der Waals surface area (Å²) in [5.74, 6) is -0.240. The number of imidazole rings is 1. The van der Waals surface area contributed by atoms with E-state index in [0.29, 0.717) is 0 Å². The Labute approximate surface area is 128 Å². The summed E-state index contributed by atoms with van der Waals surface area (Å²) < 4.78 is 15.2. The van der Waals surface area contributed by atoms with Crippen LogP contribution in [0, 0.1) is 5.82 Å². The van der Waals surface area contributed by atoms with Crippen LogP contribution in [0.5, 0.6) is 0 Å². The highest BCUT2D eigenvalue weighted by Gasteiger charge is 2.37. The maximum Gasteiger partial charge on any atom is 0.139 e. The Morgan fingerprint density at radius 3 is 2.55 bits per heavy atom. The Morgan fingerprint density at radius 2 is 1.77 bits per heavy atom. The second kappa shape index (κ2) is 5.21. The zero-order valence-corrected chi connectivity index (χ0v) is 12.3. The fourth-order valence-electron chi connectivity index (χ4n) is 3.50. The number of aromatic nitrogens is 2. The van der Waals surface area contributed by atoms with Crippen molar-refractivity contribution in [1.82, 2.24) is 14.7 Å². The number of nitrogens with one attached hydrogen (secondary N) is 1. The molecule has 1 aliphatic rings. The third-order valence-electron chi connectivity index (χ3n) is 4.69. The molecule has 1 aliphatic heterocycles. The normalized spacial score (nSPS) is 17.7. The molecule has 3 heterocycles. The van der Waals surface area contributed by atoms with Gasteiger partial charge in [-0.25, -0.2) is 9.37 Å². The summed E-state index contributed by atoms with van der Waals surface area (Å²) in [7, 11) is 0. The van der Waals surface area contributed by atoms with Crippen LogP contribution in [-0.4, -0.2) is 22.5 Å². The van der Waals surface area contributed by atoms with E-state index in [1.807, 2.05) is 12.3 Å². The van der Waals surface area contributed by atoms with Crippen molar-refractivity contribution >= 4 is 5.65 Å². The number of halogens is 1. The van der Waals surface area contributed by atoms with E-state index >= 15 is 0 Å². The number of nitrogens with zero attached hydrogens (tertiary/aromatic N) is 2. The van der Waals surface area contributed by atoms with Gasteiger partial charge in [-0.1, -0.05) is 30.3 Å². The smallest absolute Gasteiger partial charge is 0.139 e. The van der Waals surface area contributed by atoms with Crippen molar-refractivity contribution in [3.05, 3.63) is 71.9 Å². The van der Waals surface area contributed by atoms with Gasteiger partial charge in [0.15, 0.2) is 0 Å². The third kappa shape index (κ3) is 2.11. The molecule has 0 unspecified atom stereocenters. The van der Waals surface area contributed by atoms with E-state index < -0.39 is 0 Å². The molecule has 3 nitrogen and oxygen atoms in total. The van der Waals surface area contributed by atoms with Crippen LogP contribution in [0.2, 0.25) is 0 Å². The molecule has 1 saturated heterocycles. The minimum absolute atomic E-state index is 0.0883. The molecule has 1 N–H and O–H groups in total. The van der Waals surface area contributed by atoms with Crippen LogP contribution in [-0.2, 0) is 5.41 Å². The molecule has 0 bridgehead atoms. The summed E-state index contributed by atoms with van der Waals surface area (Å²) in [6.45, 7) is 1.94. The molecule has 22 heavy (non-hydrogen) atoms. The third-order valence-corrected chi connectivity index (χ3v) is 4.69. The van der Waals surface area contributed by atoms with Crippen molar-refractivity contribution in [3.63, 3.8) is 0 Å². The second-order valence-electron chi connectivity index (χ2n) is 5.94. The van der Waals surface area contributed by atoms with Crippen molar-refractivity contribution in [2.24, 2.45) is 0 Å². The largest absolute Gasteiger partial charge is 0.317 e. The fourth-order valence-corrected chi connectivity index (χ4v) is 3.50. The first-order chi connectivity index (χ1) is 10.8. The van der Waals surface area contributed by atoms with Gasteiger partial charge in [-0.2, -0.15) is 0 Å². The second-order valence-corrected chi connectivity index (χ2v) is 5.94. The van der Waals surface area contributed by atoms with E-state index in [1.54, 1.807) is 10.5 Å².